The number of benzene rings is 7. The fourth-order valence-corrected chi connectivity index (χ4v) is 8.95. The summed E-state index contributed by atoms with van der Waals surface area (Å²) in [6.45, 7) is 0. The molecule has 0 spiro atoms. The van der Waals surface area contributed by atoms with Gasteiger partial charge < -0.3 is 13.6 Å². The molecule has 7 aromatic carbocycles. The molecule has 11 aromatic rings. The number of fused-ring (bicyclic) bond motifs is 10. The lowest BCUT2D eigenvalue weighted by atomic mass is 10.0. The van der Waals surface area contributed by atoms with Gasteiger partial charge in [0, 0.05) is 66.3 Å². The van der Waals surface area contributed by atoms with Gasteiger partial charge in [0.05, 0.1) is 33.3 Å². The van der Waals surface area contributed by atoms with E-state index in [9.17, 15) is 0 Å². The zero-order valence-electron chi connectivity index (χ0n) is 29.8. The second kappa shape index (κ2) is 11.6. The molecule has 0 saturated heterocycles. The van der Waals surface area contributed by atoms with Crippen LogP contribution in [0.2, 0.25) is 0 Å². The van der Waals surface area contributed by atoms with Gasteiger partial charge >= 0.3 is 0 Å². The number of allylic oxidation sites excluding steroid dienone is 4. The van der Waals surface area contributed by atoms with E-state index in [1.807, 2.05) is 30.3 Å². The Morgan fingerprint density at radius 1 is 0.509 bits per heavy atom. The van der Waals surface area contributed by atoms with Crippen molar-refractivity contribution in [1.29, 1.82) is 0 Å². The van der Waals surface area contributed by atoms with Crippen LogP contribution in [0.4, 0.5) is 0 Å². The van der Waals surface area contributed by atoms with Gasteiger partial charge in [-0.15, -0.1) is 0 Å². The predicted octanol–water partition coefficient (Wildman–Crippen LogP) is 13.3. The average molecular weight is 705 g/mol. The Hall–Kier alpha value is -7.24. The average Bonchev–Trinajstić information content (AvgIpc) is 3.90. The standard InChI is InChI=1S/C50H32N4O/c1-3-14-31(15-4-1)49-36-20-7-10-22-41(36)51-50(52-49)38-21-13-25-46-48(38)37-27-26-33(28-47(37)55-46)54-43-24-12-9-19-35(43)40-29-39-34-18-8-11-23-42(34)53(44(39)30-45(40)54)32-16-5-2-6-17-32/h1-5,7-16,18-30H,6,17H2. The molecule has 12 rings (SSSR count). The topological polar surface area (TPSA) is 48.8 Å². The van der Waals surface area contributed by atoms with E-state index in [0.29, 0.717) is 5.82 Å². The molecular formula is C50H32N4O. The summed E-state index contributed by atoms with van der Waals surface area (Å²) in [5.74, 6) is 0.681. The first kappa shape index (κ1) is 30.2. The van der Waals surface area contributed by atoms with E-state index in [-0.39, 0.29) is 0 Å². The molecule has 4 aromatic heterocycles. The highest BCUT2D eigenvalue weighted by Gasteiger charge is 2.21. The van der Waals surface area contributed by atoms with Gasteiger partial charge in [-0.2, -0.15) is 0 Å². The smallest absolute Gasteiger partial charge is 0.161 e. The Morgan fingerprint density at radius 2 is 1.24 bits per heavy atom. The molecule has 0 aliphatic heterocycles. The zero-order valence-corrected chi connectivity index (χ0v) is 29.8. The van der Waals surface area contributed by atoms with Crippen LogP contribution in [0.5, 0.6) is 0 Å². The number of hydrogen-bond donors (Lipinski definition) is 0. The Balaban J connectivity index is 1.09. The van der Waals surface area contributed by atoms with Crippen LogP contribution in [0, 0.1) is 0 Å². The molecule has 0 N–H and O–H groups in total. The molecule has 5 heteroatoms. The van der Waals surface area contributed by atoms with Crippen LogP contribution in [0.1, 0.15) is 12.8 Å². The minimum Gasteiger partial charge on any atom is -0.456 e. The molecule has 1 aliphatic carbocycles. The number of rotatable bonds is 4. The van der Waals surface area contributed by atoms with E-state index >= 15 is 0 Å². The molecule has 0 radical (unpaired) electrons. The summed E-state index contributed by atoms with van der Waals surface area (Å²) < 4.78 is 11.6. The molecule has 0 fully saturated rings. The maximum atomic E-state index is 6.70. The van der Waals surface area contributed by atoms with Gasteiger partial charge in [-0.05, 0) is 67.4 Å². The summed E-state index contributed by atoms with van der Waals surface area (Å²) in [4.78, 5) is 10.3. The van der Waals surface area contributed by atoms with E-state index < -0.39 is 0 Å². The molecule has 258 valence electrons. The predicted molar refractivity (Wildman–Crippen MR) is 228 cm³/mol. The fraction of sp³-hybridized carbons (Fsp3) is 0.0400. The Kier molecular flexibility index (Phi) is 6.39. The van der Waals surface area contributed by atoms with Crippen LogP contribution >= 0.6 is 0 Å². The highest BCUT2D eigenvalue weighted by molar-refractivity contribution is 6.20. The molecule has 0 atom stereocenters. The summed E-state index contributed by atoms with van der Waals surface area (Å²) in [6, 6.07) is 53.8. The molecular weight excluding hydrogens is 673 g/mol. The number of aromatic nitrogens is 4. The first-order chi connectivity index (χ1) is 27.3. The lowest BCUT2D eigenvalue weighted by molar-refractivity contribution is 0.668. The lowest BCUT2D eigenvalue weighted by Gasteiger charge is -2.14. The van der Waals surface area contributed by atoms with Crippen molar-refractivity contribution in [3.05, 3.63) is 170 Å². The van der Waals surface area contributed by atoms with E-state index in [1.165, 1.54) is 43.8 Å². The Labute approximate surface area is 315 Å². The maximum Gasteiger partial charge on any atom is 0.161 e. The molecule has 0 unspecified atom stereocenters. The maximum absolute atomic E-state index is 6.70. The van der Waals surface area contributed by atoms with Crippen molar-refractivity contribution in [2.45, 2.75) is 12.8 Å². The van der Waals surface area contributed by atoms with Gasteiger partial charge in [-0.25, -0.2) is 9.97 Å². The van der Waals surface area contributed by atoms with Crippen LogP contribution in [-0.4, -0.2) is 19.1 Å². The summed E-state index contributed by atoms with van der Waals surface area (Å²) >= 11 is 0. The molecule has 0 saturated carbocycles. The van der Waals surface area contributed by atoms with Crippen LogP contribution in [0.3, 0.4) is 0 Å². The van der Waals surface area contributed by atoms with Crippen LogP contribution in [0.25, 0.3) is 110 Å². The third-order valence-corrected chi connectivity index (χ3v) is 11.4. The summed E-state index contributed by atoms with van der Waals surface area (Å²) in [6.07, 6.45) is 8.76. The second-order valence-electron chi connectivity index (χ2n) is 14.5. The third kappa shape index (κ3) is 4.47. The molecule has 1 aliphatic rings. The van der Waals surface area contributed by atoms with Crippen molar-refractivity contribution in [1.82, 2.24) is 19.1 Å². The minimum absolute atomic E-state index is 0.681. The fourth-order valence-electron chi connectivity index (χ4n) is 8.95. The van der Waals surface area contributed by atoms with E-state index in [0.717, 1.165) is 73.7 Å². The van der Waals surface area contributed by atoms with Crippen molar-refractivity contribution in [2.75, 3.05) is 0 Å². The van der Waals surface area contributed by atoms with Crippen LogP contribution < -0.4 is 0 Å². The van der Waals surface area contributed by atoms with Crippen molar-refractivity contribution >= 4 is 82.2 Å². The van der Waals surface area contributed by atoms with E-state index in [4.69, 9.17) is 14.4 Å². The largest absolute Gasteiger partial charge is 0.456 e. The van der Waals surface area contributed by atoms with Crippen LogP contribution in [0.15, 0.2) is 174 Å². The number of hydrogen-bond acceptors (Lipinski definition) is 3. The van der Waals surface area contributed by atoms with Gasteiger partial charge in [0.2, 0.25) is 0 Å². The summed E-state index contributed by atoms with van der Waals surface area (Å²) in [5, 5.41) is 8.09. The normalized spacial score (nSPS) is 13.3. The Bertz CT molecular complexity index is 3430. The van der Waals surface area contributed by atoms with Gasteiger partial charge in [0.25, 0.3) is 0 Å². The summed E-state index contributed by atoms with van der Waals surface area (Å²) in [7, 11) is 0. The minimum atomic E-state index is 0.681. The molecule has 0 bridgehead atoms. The van der Waals surface area contributed by atoms with Crippen LogP contribution in [-0.2, 0) is 0 Å². The number of para-hydroxylation sites is 3. The van der Waals surface area contributed by atoms with E-state index in [1.54, 1.807) is 0 Å². The van der Waals surface area contributed by atoms with Gasteiger partial charge in [-0.1, -0.05) is 109 Å². The quantitative estimate of drug-likeness (QED) is 0.183. The second-order valence-corrected chi connectivity index (χ2v) is 14.5. The number of nitrogens with zero attached hydrogens (tertiary/aromatic N) is 4. The first-order valence-corrected chi connectivity index (χ1v) is 18.9. The SMILES string of the molecule is C1=CCCC(n2c3ccccc3c3cc4c5ccccc5n(-c5ccc6c(c5)oc5cccc(-c7nc(-c8ccccc8)c8ccccc8n7)c56)c4cc32)=C1. The zero-order chi connectivity index (χ0) is 36.0. The number of furan rings is 1. The third-order valence-electron chi connectivity index (χ3n) is 11.4. The van der Waals surface area contributed by atoms with Gasteiger partial charge in [-0.3, -0.25) is 0 Å². The van der Waals surface area contributed by atoms with Crippen molar-refractivity contribution in [3.63, 3.8) is 0 Å². The Morgan fingerprint density at radius 3 is 2.04 bits per heavy atom. The molecule has 0 amide bonds. The van der Waals surface area contributed by atoms with Crippen molar-refractivity contribution in [2.24, 2.45) is 0 Å². The van der Waals surface area contributed by atoms with Crippen molar-refractivity contribution < 1.29 is 4.42 Å². The molecule has 5 nitrogen and oxygen atoms in total. The van der Waals surface area contributed by atoms with Crippen molar-refractivity contribution in [3.8, 4) is 28.3 Å². The van der Waals surface area contributed by atoms with E-state index in [2.05, 4.69) is 149 Å². The molecule has 55 heavy (non-hydrogen) atoms. The highest BCUT2D eigenvalue weighted by Crippen LogP contribution is 2.42. The van der Waals surface area contributed by atoms with Gasteiger partial charge in [0.1, 0.15) is 11.2 Å². The first-order valence-electron chi connectivity index (χ1n) is 18.9. The van der Waals surface area contributed by atoms with Gasteiger partial charge in [0.15, 0.2) is 5.82 Å². The molecule has 4 heterocycles. The monoisotopic (exact) mass is 704 g/mol. The summed E-state index contributed by atoms with van der Waals surface area (Å²) in [5.41, 5.74) is 12.6. The lowest BCUT2D eigenvalue weighted by Crippen LogP contribution is -1.99. The highest BCUT2D eigenvalue weighted by atomic mass is 16.3.